The van der Waals surface area contributed by atoms with Crippen LogP contribution >= 0.6 is 11.6 Å². The Balaban J connectivity index is 2.59. The maximum absolute atomic E-state index is 12.3. The molecule has 0 fully saturated rings. The van der Waals surface area contributed by atoms with Crippen molar-refractivity contribution >= 4 is 17.5 Å². The molecule has 2 nitrogen and oxygen atoms in total. The number of halogens is 2. The summed E-state index contributed by atoms with van der Waals surface area (Å²) in [6.45, 7) is 1.77. The molecule has 0 aliphatic carbocycles. The lowest BCUT2D eigenvalue weighted by atomic mass is 10.1. The molecule has 0 aliphatic heterocycles. The maximum Gasteiger partial charge on any atom is 0.270 e. The molecule has 1 aromatic rings. The molecule has 0 aromatic heterocycles. The van der Waals surface area contributed by atoms with E-state index in [-0.39, 0.29) is 6.04 Å². The van der Waals surface area contributed by atoms with Crippen LogP contribution in [0.1, 0.15) is 18.5 Å². The summed E-state index contributed by atoms with van der Waals surface area (Å²) >= 11 is 4.98. The molecule has 1 rings (SSSR count). The van der Waals surface area contributed by atoms with Crippen molar-refractivity contribution in [1.82, 2.24) is 5.32 Å². The molecule has 0 bridgehead atoms. The molecule has 0 heterocycles. The van der Waals surface area contributed by atoms with Gasteiger partial charge in [0.15, 0.2) is 0 Å². The second-order valence-electron chi connectivity index (χ2n) is 2.94. The van der Waals surface area contributed by atoms with Gasteiger partial charge >= 0.3 is 0 Å². The van der Waals surface area contributed by atoms with Gasteiger partial charge in [-0.2, -0.15) is 0 Å². The fourth-order valence-electron chi connectivity index (χ4n) is 1.10. The first-order valence-corrected chi connectivity index (χ1v) is 4.68. The molecule has 0 radical (unpaired) electrons. The van der Waals surface area contributed by atoms with Crippen molar-refractivity contribution in [2.75, 3.05) is 0 Å². The van der Waals surface area contributed by atoms with E-state index in [1.165, 1.54) is 0 Å². The van der Waals surface area contributed by atoms with Crippen LogP contribution in [-0.4, -0.2) is 11.5 Å². The number of hydrogen-bond donors (Lipinski definition) is 1. The van der Waals surface area contributed by atoms with E-state index >= 15 is 0 Å². The SMILES string of the molecule is C[C@H](NC(=O)[C@@H](F)Cl)c1ccccc1. The summed E-state index contributed by atoms with van der Waals surface area (Å²) in [5.74, 6) is -0.803. The van der Waals surface area contributed by atoms with Crippen LogP contribution in [0.25, 0.3) is 0 Å². The first kappa shape index (κ1) is 11.0. The lowest BCUT2D eigenvalue weighted by molar-refractivity contribution is -0.124. The Morgan fingerprint density at radius 3 is 2.50 bits per heavy atom. The highest BCUT2D eigenvalue weighted by atomic mass is 35.5. The summed E-state index contributed by atoms with van der Waals surface area (Å²) in [5, 5.41) is 2.45. The number of rotatable bonds is 3. The zero-order valence-electron chi connectivity index (χ0n) is 7.71. The van der Waals surface area contributed by atoms with Crippen LogP contribution in [0.2, 0.25) is 0 Å². The predicted molar refractivity (Wildman–Crippen MR) is 53.7 cm³/mol. The van der Waals surface area contributed by atoms with Crippen molar-refractivity contribution in [1.29, 1.82) is 0 Å². The van der Waals surface area contributed by atoms with Crippen LogP contribution in [0.15, 0.2) is 30.3 Å². The Labute approximate surface area is 87.1 Å². The average Bonchev–Trinajstić information content (AvgIpc) is 2.19. The molecule has 4 heteroatoms. The monoisotopic (exact) mass is 215 g/mol. The number of amides is 1. The molecular weight excluding hydrogens is 205 g/mol. The number of carbonyl (C=O) groups is 1. The van der Waals surface area contributed by atoms with Crippen molar-refractivity contribution in [3.63, 3.8) is 0 Å². The second kappa shape index (κ2) is 4.96. The van der Waals surface area contributed by atoms with Gasteiger partial charge < -0.3 is 5.32 Å². The fraction of sp³-hybridized carbons (Fsp3) is 0.300. The largest absolute Gasteiger partial charge is 0.346 e. The van der Waals surface area contributed by atoms with Crippen LogP contribution in [0.4, 0.5) is 4.39 Å². The van der Waals surface area contributed by atoms with Gasteiger partial charge in [-0.25, -0.2) is 4.39 Å². The Hall–Kier alpha value is -1.09. The van der Waals surface area contributed by atoms with Crippen LogP contribution in [0, 0.1) is 0 Å². The first-order chi connectivity index (χ1) is 6.61. The Kier molecular flexibility index (Phi) is 3.89. The molecule has 0 saturated heterocycles. The predicted octanol–water partition coefficient (Wildman–Crippen LogP) is 2.40. The van der Waals surface area contributed by atoms with Gasteiger partial charge in [-0.15, -0.1) is 0 Å². The van der Waals surface area contributed by atoms with Gasteiger partial charge in [0, 0.05) is 0 Å². The molecule has 1 N–H and O–H groups in total. The zero-order valence-corrected chi connectivity index (χ0v) is 8.46. The standard InChI is InChI=1S/C10H11ClFNO/c1-7(13-10(14)9(11)12)8-5-3-2-4-6-8/h2-7,9H,1H3,(H,13,14)/t7-,9+/m0/s1. The van der Waals surface area contributed by atoms with Gasteiger partial charge in [-0.05, 0) is 12.5 Å². The van der Waals surface area contributed by atoms with E-state index in [4.69, 9.17) is 11.6 Å². The fourth-order valence-corrected chi connectivity index (χ4v) is 1.16. The lowest BCUT2D eigenvalue weighted by Gasteiger charge is -2.13. The third kappa shape index (κ3) is 3.00. The highest BCUT2D eigenvalue weighted by molar-refractivity contribution is 6.29. The summed E-state index contributed by atoms with van der Waals surface area (Å²) in [6.07, 6.45) is 0. The molecule has 14 heavy (non-hydrogen) atoms. The summed E-state index contributed by atoms with van der Waals surface area (Å²) in [6, 6.07) is 9.05. The molecule has 1 amide bonds. The van der Waals surface area contributed by atoms with Gasteiger partial charge in [0.05, 0.1) is 6.04 Å². The van der Waals surface area contributed by atoms with E-state index in [9.17, 15) is 9.18 Å². The van der Waals surface area contributed by atoms with E-state index in [1.807, 2.05) is 30.3 Å². The lowest BCUT2D eigenvalue weighted by Crippen LogP contribution is -2.31. The third-order valence-corrected chi connectivity index (χ3v) is 2.05. The van der Waals surface area contributed by atoms with Gasteiger partial charge in [0.1, 0.15) is 0 Å². The minimum atomic E-state index is -1.99. The van der Waals surface area contributed by atoms with E-state index in [1.54, 1.807) is 6.92 Å². The zero-order chi connectivity index (χ0) is 10.6. The first-order valence-electron chi connectivity index (χ1n) is 4.24. The molecule has 0 unspecified atom stereocenters. The smallest absolute Gasteiger partial charge is 0.270 e. The molecule has 2 atom stereocenters. The molecule has 1 aromatic carbocycles. The second-order valence-corrected chi connectivity index (χ2v) is 3.32. The third-order valence-electron chi connectivity index (χ3n) is 1.86. The van der Waals surface area contributed by atoms with Gasteiger partial charge in [-0.3, -0.25) is 4.79 Å². The topological polar surface area (TPSA) is 29.1 Å². The van der Waals surface area contributed by atoms with Crippen molar-refractivity contribution in [3.05, 3.63) is 35.9 Å². The number of hydrogen-bond acceptors (Lipinski definition) is 1. The van der Waals surface area contributed by atoms with Crippen molar-refractivity contribution in [2.45, 2.75) is 18.6 Å². The molecule has 0 aliphatic rings. The van der Waals surface area contributed by atoms with Crippen LogP contribution in [0.5, 0.6) is 0 Å². The van der Waals surface area contributed by atoms with Crippen LogP contribution in [-0.2, 0) is 4.79 Å². The highest BCUT2D eigenvalue weighted by Crippen LogP contribution is 2.11. The maximum atomic E-state index is 12.3. The summed E-state index contributed by atoms with van der Waals surface area (Å²) in [7, 11) is 0. The minimum Gasteiger partial charge on any atom is -0.346 e. The minimum absolute atomic E-state index is 0.235. The highest BCUT2D eigenvalue weighted by Gasteiger charge is 2.16. The van der Waals surface area contributed by atoms with Gasteiger partial charge in [-0.1, -0.05) is 41.9 Å². The van der Waals surface area contributed by atoms with E-state index < -0.39 is 11.5 Å². The average molecular weight is 216 g/mol. The van der Waals surface area contributed by atoms with Gasteiger partial charge in [0.25, 0.3) is 11.5 Å². The Morgan fingerprint density at radius 2 is 2.00 bits per heavy atom. The molecule has 0 saturated carbocycles. The molecular formula is C10H11ClFNO. The van der Waals surface area contributed by atoms with Crippen LogP contribution in [0.3, 0.4) is 0 Å². The Morgan fingerprint density at radius 1 is 1.43 bits per heavy atom. The number of benzene rings is 1. The quantitative estimate of drug-likeness (QED) is 0.771. The normalized spacial score (nSPS) is 14.5. The molecule has 0 spiro atoms. The molecule has 76 valence electrons. The summed E-state index contributed by atoms with van der Waals surface area (Å²) in [4.78, 5) is 10.9. The summed E-state index contributed by atoms with van der Waals surface area (Å²) in [5.41, 5.74) is -1.07. The number of nitrogens with one attached hydrogen (secondary N) is 1. The van der Waals surface area contributed by atoms with E-state index in [2.05, 4.69) is 5.32 Å². The van der Waals surface area contributed by atoms with E-state index in [0.29, 0.717) is 0 Å². The number of alkyl halides is 2. The van der Waals surface area contributed by atoms with Gasteiger partial charge in [0.2, 0.25) is 0 Å². The van der Waals surface area contributed by atoms with Crippen molar-refractivity contribution < 1.29 is 9.18 Å². The van der Waals surface area contributed by atoms with Crippen molar-refractivity contribution in [2.24, 2.45) is 0 Å². The Bertz CT molecular complexity index is 302. The van der Waals surface area contributed by atoms with Crippen LogP contribution < -0.4 is 5.32 Å². The van der Waals surface area contributed by atoms with E-state index in [0.717, 1.165) is 5.56 Å². The summed E-state index contributed by atoms with van der Waals surface area (Å²) < 4.78 is 12.3. The number of carbonyl (C=O) groups excluding carboxylic acids is 1. The van der Waals surface area contributed by atoms with Crippen molar-refractivity contribution in [3.8, 4) is 0 Å².